The lowest BCUT2D eigenvalue weighted by atomic mass is 10.0. The van der Waals surface area contributed by atoms with Crippen LogP contribution < -0.4 is 9.03 Å². The van der Waals surface area contributed by atoms with E-state index in [0.717, 1.165) is 43.5 Å². The molecule has 0 radical (unpaired) electrons. The van der Waals surface area contributed by atoms with Gasteiger partial charge in [-0.1, -0.05) is 18.2 Å². The van der Waals surface area contributed by atoms with Crippen molar-refractivity contribution in [2.45, 2.75) is 31.8 Å². The maximum absolute atomic E-state index is 12.5. The molecule has 6 heteroatoms. The first-order valence-electron chi connectivity index (χ1n) is 7.14. The highest BCUT2D eigenvalue weighted by molar-refractivity contribution is 7.90. The fourth-order valence-electron chi connectivity index (χ4n) is 2.83. The molecule has 5 nitrogen and oxygen atoms in total. The smallest absolute Gasteiger partial charge is 0.301 e. The van der Waals surface area contributed by atoms with Crippen molar-refractivity contribution in [3.05, 3.63) is 29.8 Å². The van der Waals surface area contributed by atoms with Gasteiger partial charge in [0.1, 0.15) is 0 Å². The Morgan fingerprint density at radius 1 is 1.30 bits per heavy atom. The van der Waals surface area contributed by atoms with Gasteiger partial charge in [0.2, 0.25) is 0 Å². The summed E-state index contributed by atoms with van der Waals surface area (Å²) in [6, 6.07) is 7.71. The highest BCUT2D eigenvalue weighted by Crippen LogP contribution is 2.28. The molecule has 0 saturated carbocycles. The first-order chi connectivity index (χ1) is 9.67. The van der Waals surface area contributed by atoms with Crippen LogP contribution in [0.4, 0.5) is 5.69 Å². The summed E-state index contributed by atoms with van der Waals surface area (Å²) < 4.78 is 34.6. The van der Waals surface area contributed by atoms with Crippen LogP contribution in [0.15, 0.2) is 24.3 Å². The van der Waals surface area contributed by atoms with Gasteiger partial charge in [0.05, 0.1) is 11.8 Å². The molecular formula is C14H20N2O3S. The zero-order valence-corrected chi connectivity index (χ0v) is 12.2. The van der Waals surface area contributed by atoms with Crippen molar-refractivity contribution in [1.29, 1.82) is 0 Å². The Kier molecular flexibility index (Phi) is 3.96. The minimum Gasteiger partial charge on any atom is -0.377 e. The van der Waals surface area contributed by atoms with Gasteiger partial charge in [-0.05, 0) is 37.3 Å². The van der Waals surface area contributed by atoms with Crippen molar-refractivity contribution >= 4 is 15.9 Å². The van der Waals surface area contributed by atoms with Crippen LogP contribution >= 0.6 is 0 Å². The normalized spacial score (nSPS) is 22.8. The molecule has 1 fully saturated rings. The number of anilines is 1. The van der Waals surface area contributed by atoms with Crippen LogP contribution in [0, 0.1) is 0 Å². The van der Waals surface area contributed by atoms with Crippen LogP contribution in [-0.4, -0.2) is 34.2 Å². The topological polar surface area (TPSA) is 58.6 Å². The molecule has 0 amide bonds. The minimum absolute atomic E-state index is 0.0183. The van der Waals surface area contributed by atoms with Crippen LogP contribution in [-0.2, 0) is 21.4 Å². The average Bonchev–Trinajstić information content (AvgIpc) is 2.98. The summed E-state index contributed by atoms with van der Waals surface area (Å²) >= 11 is 0. The third-order valence-corrected chi connectivity index (χ3v) is 5.37. The number of rotatable bonds is 4. The number of hydrogen-bond acceptors (Lipinski definition) is 3. The molecule has 2 aliphatic rings. The van der Waals surface area contributed by atoms with E-state index >= 15 is 0 Å². The summed E-state index contributed by atoms with van der Waals surface area (Å²) in [5.41, 5.74) is 1.90. The van der Waals surface area contributed by atoms with Crippen LogP contribution in [0.25, 0.3) is 0 Å². The fraction of sp³-hybridized carbons (Fsp3) is 0.571. The zero-order valence-electron chi connectivity index (χ0n) is 11.4. The van der Waals surface area contributed by atoms with Crippen molar-refractivity contribution < 1.29 is 13.2 Å². The van der Waals surface area contributed by atoms with E-state index in [-0.39, 0.29) is 6.10 Å². The van der Waals surface area contributed by atoms with Gasteiger partial charge < -0.3 is 4.74 Å². The monoisotopic (exact) mass is 296 g/mol. The summed E-state index contributed by atoms with van der Waals surface area (Å²) in [7, 11) is -3.48. The van der Waals surface area contributed by atoms with E-state index in [1.165, 1.54) is 4.31 Å². The summed E-state index contributed by atoms with van der Waals surface area (Å²) in [6.07, 6.45) is 3.76. The molecule has 1 unspecified atom stereocenters. The first kappa shape index (κ1) is 13.9. The standard InChI is InChI=1S/C14H20N2O3S/c17-20(18,15-11-13-7-4-10-19-13)16-9-3-6-12-5-1-2-8-14(12)16/h1-2,5,8,13,15H,3-4,6-7,9-11H2. The number of nitrogens with one attached hydrogen (secondary N) is 1. The van der Waals surface area contributed by atoms with E-state index < -0.39 is 10.2 Å². The number of ether oxygens (including phenoxy) is 1. The molecule has 1 saturated heterocycles. The second-order valence-corrected chi connectivity index (χ2v) is 6.97. The Balaban J connectivity index is 1.74. The highest BCUT2D eigenvalue weighted by atomic mass is 32.2. The van der Waals surface area contributed by atoms with Gasteiger partial charge in [0, 0.05) is 19.7 Å². The van der Waals surface area contributed by atoms with Gasteiger partial charge in [0.15, 0.2) is 0 Å². The van der Waals surface area contributed by atoms with Gasteiger partial charge in [-0.3, -0.25) is 4.31 Å². The molecule has 1 aromatic carbocycles. The van der Waals surface area contributed by atoms with Gasteiger partial charge >= 0.3 is 10.2 Å². The van der Waals surface area contributed by atoms with Crippen LogP contribution in [0.5, 0.6) is 0 Å². The third-order valence-electron chi connectivity index (χ3n) is 3.88. The molecule has 2 heterocycles. The molecule has 2 aliphatic heterocycles. The number of aryl methyl sites for hydroxylation is 1. The second kappa shape index (κ2) is 5.71. The highest BCUT2D eigenvalue weighted by Gasteiger charge is 2.28. The van der Waals surface area contributed by atoms with Crippen molar-refractivity contribution in [3.63, 3.8) is 0 Å². The average molecular weight is 296 g/mol. The lowest BCUT2D eigenvalue weighted by Gasteiger charge is -2.30. The zero-order chi connectivity index (χ0) is 14.0. The van der Waals surface area contributed by atoms with E-state index in [4.69, 9.17) is 4.74 Å². The molecule has 1 aromatic rings. The van der Waals surface area contributed by atoms with Crippen molar-refractivity contribution in [2.75, 3.05) is 24.0 Å². The molecule has 3 rings (SSSR count). The molecule has 0 spiro atoms. The summed E-state index contributed by atoms with van der Waals surface area (Å²) in [5, 5.41) is 0. The van der Waals surface area contributed by atoms with E-state index in [1.54, 1.807) is 0 Å². The molecule has 0 bridgehead atoms. The van der Waals surface area contributed by atoms with Gasteiger partial charge in [-0.2, -0.15) is 13.1 Å². The molecule has 1 N–H and O–H groups in total. The van der Waals surface area contributed by atoms with Gasteiger partial charge in [-0.25, -0.2) is 0 Å². The molecule has 0 aromatic heterocycles. The van der Waals surface area contributed by atoms with Gasteiger partial charge in [0.25, 0.3) is 0 Å². The Labute approximate surface area is 120 Å². The fourth-order valence-corrected chi connectivity index (χ4v) is 4.19. The maximum atomic E-state index is 12.5. The van der Waals surface area contributed by atoms with E-state index in [0.29, 0.717) is 13.1 Å². The van der Waals surface area contributed by atoms with Crippen LogP contribution in [0.1, 0.15) is 24.8 Å². The lowest BCUT2D eigenvalue weighted by Crippen LogP contribution is -2.45. The van der Waals surface area contributed by atoms with Crippen molar-refractivity contribution in [2.24, 2.45) is 0 Å². The third kappa shape index (κ3) is 2.82. The number of benzene rings is 1. The van der Waals surface area contributed by atoms with Crippen molar-refractivity contribution in [1.82, 2.24) is 4.72 Å². The molecule has 20 heavy (non-hydrogen) atoms. The first-order valence-corrected chi connectivity index (χ1v) is 8.58. The van der Waals surface area contributed by atoms with Crippen LogP contribution in [0.2, 0.25) is 0 Å². The van der Waals surface area contributed by atoms with E-state index in [9.17, 15) is 8.42 Å². The summed E-state index contributed by atoms with van der Waals surface area (Å²) in [4.78, 5) is 0. The second-order valence-electron chi connectivity index (χ2n) is 5.29. The van der Waals surface area contributed by atoms with Gasteiger partial charge in [-0.15, -0.1) is 0 Å². The van der Waals surface area contributed by atoms with Crippen molar-refractivity contribution in [3.8, 4) is 0 Å². The minimum atomic E-state index is -3.48. The predicted octanol–water partition coefficient (Wildman–Crippen LogP) is 1.45. The number of hydrogen-bond donors (Lipinski definition) is 1. The Morgan fingerprint density at radius 2 is 2.15 bits per heavy atom. The maximum Gasteiger partial charge on any atom is 0.301 e. The summed E-state index contributed by atoms with van der Waals surface area (Å²) in [6.45, 7) is 1.64. The summed E-state index contributed by atoms with van der Waals surface area (Å²) in [5.74, 6) is 0. The quantitative estimate of drug-likeness (QED) is 0.915. The molecular weight excluding hydrogens is 276 g/mol. The largest absolute Gasteiger partial charge is 0.377 e. The number of fused-ring (bicyclic) bond motifs is 1. The molecule has 110 valence electrons. The molecule has 0 aliphatic carbocycles. The lowest BCUT2D eigenvalue weighted by molar-refractivity contribution is 0.114. The number of para-hydroxylation sites is 1. The van der Waals surface area contributed by atoms with E-state index in [2.05, 4.69) is 4.72 Å². The Morgan fingerprint density at radius 3 is 2.95 bits per heavy atom. The Bertz CT molecular complexity index is 568. The number of nitrogens with zero attached hydrogens (tertiary/aromatic N) is 1. The Hall–Kier alpha value is -1.11. The van der Waals surface area contributed by atoms with Crippen LogP contribution in [0.3, 0.4) is 0 Å². The molecule has 1 atom stereocenters. The SMILES string of the molecule is O=S(=O)(NCC1CCCO1)N1CCCc2ccccc21. The predicted molar refractivity (Wildman–Crippen MR) is 78.0 cm³/mol. The van der Waals surface area contributed by atoms with E-state index in [1.807, 2.05) is 24.3 Å².